The van der Waals surface area contributed by atoms with Crippen LogP contribution in [0.15, 0.2) is 30.6 Å². The van der Waals surface area contributed by atoms with Crippen molar-refractivity contribution in [2.45, 2.75) is 39.2 Å². The van der Waals surface area contributed by atoms with Gasteiger partial charge in [0.15, 0.2) is 0 Å². The summed E-state index contributed by atoms with van der Waals surface area (Å²) < 4.78 is 1.73. The van der Waals surface area contributed by atoms with Gasteiger partial charge in [0.25, 0.3) is 5.91 Å². The molecule has 21 heavy (non-hydrogen) atoms. The molecule has 2 aromatic heterocycles. The van der Waals surface area contributed by atoms with Crippen LogP contribution in [0.2, 0.25) is 0 Å². The smallest absolute Gasteiger partial charge is 0.270 e. The Bertz CT molecular complexity index is 617. The van der Waals surface area contributed by atoms with Gasteiger partial charge in [-0.25, -0.2) is 4.98 Å². The largest absolute Gasteiger partial charge is 0.388 e. The van der Waals surface area contributed by atoms with Gasteiger partial charge in [0.05, 0.1) is 11.8 Å². The van der Waals surface area contributed by atoms with Crippen LogP contribution in [0.25, 0.3) is 5.65 Å². The van der Waals surface area contributed by atoms with E-state index in [-0.39, 0.29) is 12.5 Å². The maximum atomic E-state index is 12.2. The number of pyridine rings is 1. The number of aromatic nitrogens is 2. The molecule has 0 radical (unpaired) electrons. The van der Waals surface area contributed by atoms with Gasteiger partial charge >= 0.3 is 0 Å². The molecule has 1 amide bonds. The van der Waals surface area contributed by atoms with Gasteiger partial charge in [-0.3, -0.25) is 9.20 Å². The number of aliphatic hydroxyl groups is 1. The molecule has 0 fully saturated rings. The van der Waals surface area contributed by atoms with Gasteiger partial charge < -0.3 is 10.4 Å². The minimum Gasteiger partial charge on any atom is -0.388 e. The van der Waals surface area contributed by atoms with Crippen molar-refractivity contribution in [1.29, 1.82) is 0 Å². The summed E-state index contributed by atoms with van der Waals surface area (Å²) in [4.78, 5) is 16.4. The van der Waals surface area contributed by atoms with Crippen LogP contribution in [-0.4, -0.2) is 32.5 Å². The minimum absolute atomic E-state index is 0.224. The first-order chi connectivity index (χ1) is 9.89. The quantitative estimate of drug-likeness (QED) is 0.857. The van der Waals surface area contributed by atoms with Gasteiger partial charge in [0.2, 0.25) is 0 Å². The van der Waals surface area contributed by atoms with Crippen molar-refractivity contribution in [3.63, 3.8) is 0 Å². The Hall–Kier alpha value is -1.88. The molecule has 0 saturated heterocycles. The molecule has 5 heteroatoms. The van der Waals surface area contributed by atoms with Crippen molar-refractivity contribution in [2.24, 2.45) is 5.92 Å². The Balaban J connectivity index is 1.98. The molecule has 114 valence electrons. The highest BCUT2D eigenvalue weighted by atomic mass is 16.3. The van der Waals surface area contributed by atoms with E-state index < -0.39 is 5.60 Å². The van der Waals surface area contributed by atoms with E-state index >= 15 is 0 Å². The van der Waals surface area contributed by atoms with E-state index in [0.717, 1.165) is 12.1 Å². The number of nitrogens with zero attached hydrogens (tertiary/aromatic N) is 2. The van der Waals surface area contributed by atoms with E-state index in [1.54, 1.807) is 23.7 Å². The van der Waals surface area contributed by atoms with Crippen LogP contribution >= 0.6 is 0 Å². The molecule has 0 aliphatic carbocycles. The number of carbonyl (C=O) groups excluding carboxylic acids is 1. The highest BCUT2D eigenvalue weighted by Gasteiger charge is 2.22. The monoisotopic (exact) mass is 289 g/mol. The lowest BCUT2D eigenvalue weighted by Gasteiger charge is -2.24. The molecular formula is C16H23N3O2. The number of rotatable bonds is 6. The summed E-state index contributed by atoms with van der Waals surface area (Å²) in [6.45, 7) is 6.23. The number of imidazole rings is 1. The lowest BCUT2D eigenvalue weighted by Crippen LogP contribution is -2.41. The summed E-state index contributed by atoms with van der Waals surface area (Å²) in [7, 11) is 0. The summed E-state index contributed by atoms with van der Waals surface area (Å²) in [5.74, 6) is 0.310. The van der Waals surface area contributed by atoms with Crippen LogP contribution in [0.3, 0.4) is 0 Å². The normalized spacial score (nSPS) is 14.3. The number of amides is 1. The Kier molecular flexibility index (Phi) is 4.63. The Morgan fingerprint density at radius 3 is 2.95 bits per heavy atom. The van der Waals surface area contributed by atoms with E-state index in [0.29, 0.717) is 18.0 Å². The van der Waals surface area contributed by atoms with Crippen molar-refractivity contribution >= 4 is 11.6 Å². The summed E-state index contributed by atoms with van der Waals surface area (Å²) in [6, 6.07) is 5.57. The molecular weight excluding hydrogens is 266 g/mol. The third-order valence-corrected chi connectivity index (χ3v) is 3.54. The summed E-state index contributed by atoms with van der Waals surface area (Å²) >= 11 is 0. The Morgan fingerprint density at radius 2 is 2.24 bits per heavy atom. The minimum atomic E-state index is -0.888. The van der Waals surface area contributed by atoms with Crippen LogP contribution in [0, 0.1) is 5.92 Å². The molecule has 0 spiro atoms. The maximum absolute atomic E-state index is 12.2. The number of fused-ring (bicyclic) bond motifs is 1. The third kappa shape index (κ3) is 4.04. The topological polar surface area (TPSA) is 66.6 Å². The van der Waals surface area contributed by atoms with Crippen molar-refractivity contribution < 1.29 is 9.90 Å². The van der Waals surface area contributed by atoms with Crippen LogP contribution in [0.5, 0.6) is 0 Å². The van der Waals surface area contributed by atoms with Crippen molar-refractivity contribution in [1.82, 2.24) is 14.7 Å². The molecule has 0 aliphatic rings. The first-order valence-electron chi connectivity index (χ1n) is 7.32. The van der Waals surface area contributed by atoms with Crippen molar-refractivity contribution in [2.75, 3.05) is 6.54 Å². The second-order valence-corrected chi connectivity index (χ2v) is 6.18. The van der Waals surface area contributed by atoms with E-state index in [2.05, 4.69) is 24.1 Å². The fourth-order valence-corrected chi connectivity index (χ4v) is 2.15. The average molecular weight is 289 g/mol. The fraction of sp³-hybridized carbons (Fsp3) is 0.500. The highest BCUT2D eigenvalue weighted by Crippen LogP contribution is 2.15. The standard InChI is InChI=1S/C16H23N3O2/c1-12(2)7-8-16(3,21)11-18-15(20)13-10-17-14-6-4-5-9-19(13)14/h4-6,9-10,12,21H,7-8,11H2,1-3H3,(H,18,20). The third-order valence-electron chi connectivity index (χ3n) is 3.54. The second kappa shape index (κ2) is 6.26. The predicted molar refractivity (Wildman–Crippen MR) is 82.2 cm³/mol. The second-order valence-electron chi connectivity index (χ2n) is 6.18. The number of carbonyl (C=O) groups is 1. The first-order valence-corrected chi connectivity index (χ1v) is 7.32. The summed E-state index contributed by atoms with van der Waals surface area (Å²) in [6.07, 6.45) is 4.94. The van der Waals surface area contributed by atoms with E-state index in [1.165, 1.54) is 0 Å². The fourth-order valence-electron chi connectivity index (χ4n) is 2.15. The van der Waals surface area contributed by atoms with Gasteiger partial charge in [-0.05, 0) is 37.8 Å². The molecule has 2 rings (SSSR count). The molecule has 2 aromatic rings. The molecule has 0 aromatic carbocycles. The molecule has 0 aliphatic heterocycles. The van der Waals surface area contributed by atoms with Crippen LogP contribution in [0.1, 0.15) is 44.1 Å². The van der Waals surface area contributed by atoms with Gasteiger partial charge in [-0.1, -0.05) is 19.9 Å². The maximum Gasteiger partial charge on any atom is 0.270 e. The number of hydrogen-bond acceptors (Lipinski definition) is 3. The average Bonchev–Trinajstić information content (AvgIpc) is 2.87. The van der Waals surface area contributed by atoms with Gasteiger partial charge in [-0.15, -0.1) is 0 Å². The van der Waals surface area contributed by atoms with Gasteiger partial charge in [-0.2, -0.15) is 0 Å². The predicted octanol–water partition coefficient (Wildman–Crippen LogP) is 2.25. The van der Waals surface area contributed by atoms with Gasteiger partial charge in [0, 0.05) is 12.7 Å². The molecule has 2 heterocycles. The van der Waals surface area contributed by atoms with Crippen LogP contribution in [0.4, 0.5) is 0 Å². The molecule has 1 unspecified atom stereocenters. The zero-order chi connectivity index (χ0) is 15.5. The van der Waals surface area contributed by atoms with E-state index in [9.17, 15) is 9.90 Å². The van der Waals surface area contributed by atoms with Crippen LogP contribution in [-0.2, 0) is 0 Å². The molecule has 1 atom stereocenters. The lowest BCUT2D eigenvalue weighted by atomic mass is 9.95. The first kappa shape index (κ1) is 15.5. The molecule has 5 nitrogen and oxygen atoms in total. The number of nitrogens with one attached hydrogen (secondary N) is 1. The Morgan fingerprint density at radius 1 is 1.48 bits per heavy atom. The molecule has 0 saturated carbocycles. The van der Waals surface area contributed by atoms with Gasteiger partial charge in [0.1, 0.15) is 11.3 Å². The van der Waals surface area contributed by atoms with E-state index in [1.807, 2.05) is 18.2 Å². The number of hydrogen-bond donors (Lipinski definition) is 2. The molecule has 0 bridgehead atoms. The van der Waals surface area contributed by atoms with Crippen molar-refractivity contribution in [3.8, 4) is 0 Å². The highest BCUT2D eigenvalue weighted by molar-refractivity contribution is 5.93. The molecule has 2 N–H and O–H groups in total. The lowest BCUT2D eigenvalue weighted by molar-refractivity contribution is 0.0428. The van der Waals surface area contributed by atoms with E-state index in [4.69, 9.17) is 0 Å². The Labute approximate surface area is 125 Å². The van der Waals surface area contributed by atoms with Crippen molar-refractivity contribution in [3.05, 3.63) is 36.3 Å². The summed E-state index contributed by atoms with van der Waals surface area (Å²) in [5, 5.41) is 13.1. The summed E-state index contributed by atoms with van der Waals surface area (Å²) in [5.41, 5.74) is 0.319. The zero-order valence-electron chi connectivity index (χ0n) is 12.8. The van der Waals surface area contributed by atoms with Crippen LogP contribution < -0.4 is 5.32 Å². The zero-order valence-corrected chi connectivity index (χ0v) is 12.8. The SMILES string of the molecule is CC(C)CCC(C)(O)CNC(=O)c1cnc2ccccn12.